The largest absolute Gasteiger partial charge is 0.496 e. The van der Waals surface area contributed by atoms with Crippen LogP contribution in [-0.2, 0) is 28.0 Å². The summed E-state index contributed by atoms with van der Waals surface area (Å²) < 4.78 is 29.2. The van der Waals surface area contributed by atoms with E-state index < -0.39 is 41.9 Å². The van der Waals surface area contributed by atoms with Crippen LogP contribution in [0.1, 0.15) is 79.4 Å². The van der Waals surface area contributed by atoms with Crippen molar-refractivity contribution in [3.63, 3.8) is 0 Å². The number of amides is 4. The fourth-order valence-electron chi connectivity index (χ4n) is 9.66. The number of imide groups is 1. The number of fused-ring (bicyclic) bond motifs is 2. The lowest BCUT2D eigenvalue weighted by molar-refractivity contribution is -0.135. The zero-order valence-corrected chi connectivity index (χ0v) is 34.9. The summed E-state index contributed by atoms with van der Waals surface area (Å²) in [6, 6.07) is 7.96. The molecule has 6 heterocycles. The molecular weight excluding hydrogens is 784 g/mol. The van der Waals surface area contributed by atoms with E-state index in [9.17, 15) is 28.4 Å². The van der Waals surface area contributed by atoms with Gasteiger partial charge < -0.3 is 25.4 Å². The van der Waals surface area contributed by atoms with Crippen molar-refractivity contribution in [2.45, 2.75) is 76.7 Å². The molecule has 4 atom stereocenters. The normalized spacial score (nSPS) is 23.2. The first-order valence-electron chi connectivity index (χ1n) is 21.3. The third-order valence-corrected chi connectivity index (χ3v) is 13.1. The number of imidazole rings is 1. The molecule has 4 saturated heterocycles. The molecule has 4 aliphatic rings. The van der Waals surface area contributed by atoms with Crippen LogP contribution in [0.3, 0.4) is 0 Å². The van der Waals surface area contributed by atoms with Crippen LogP contribution in [0, 0.1) is 29.6 Å². The molecule has 8 rings (SSSR count). The molecule has 0 bridgehead atoms. The number of benzene rings is 2. The standard InChI is InChI=1S/C45H53FN8O7/c1-4-30-34(49-43(58)39(30)46)25-61-44-32-21-37(60-3)33(41(47)56)20-31(32)28(22-48-44)9-8-26-12-16-52(17-13-26)23-27-14-18-53(19-15-27)24-29-6-5-7-35-40(29)51(2)45(59)54(35)36-10-11-38(55)50-42(36)57/h5-7,20-22,26-27,30,34,36,39H,4,10-19,23-25H2,1-3H3,(H2,47,56)(H,49,58)(H,50,55,57)/t30-,34+,36?,39-/m0/s1. The van der Waals surface area contributed by atoms with Gasteiger partial charge in [0.25, 0.3) is 11.8 Å². The third kappa shape index (κ3) is 8.45. The molecule has 4 aromatic rings. The lowest BCUT2D eigenvalue weighted by atomic mass is 9.92. The van der Waals surface area contributed by atoms with Crippen molar-refractivity contribution in [1.29, 1.82) is 0 Å². The summed E-state index contributed by atoms with van der Waals surface area (Å²) in [7, 11) is 3.20. The Morgan fingerprint density at radius 2 is 1.75 bits per heavy atom. The molecule has 0 aliphatic carbocycles. The lowest BCUT2D eigenvalue weighted by Crippen LogP contribution is -2.44. The second-order valence-electron chi connectivity index (χ2n) is 16.9. The molecule has 4 N–H and O–H groups in total. The van der Waals surface area contributed by atoms with Crippen LogP contribution in [0.15, 0.2) is 41.3 Å². The number of nitrogens with two attached hydrogens (primary N) is 1. The van der Waals surface area contributed by atoms with Gasteiger partial charge in [0.2, 0.25) is 17.7 Å². The van der Waals surface area contributed by atoms with E-state index >= 15 is 0 Å². The number of alkyl halides is 1. The zero-order chi connectivity index (χ0) is 42.9. The number of hydrogen-bond donors (Lipinski definition) is 3. The second-order valence-corrected chi connectivity index (χ2v) is 16.9. The summed E-state index contributed by atoms with van der Waals surface area (Å²) in [5, 5.41) is 6.27. The highest BCUT2D eigenvalue weighted by Gasteiger charge is 2.42. The Hall–Kier alpha value is -5.79. The Labute approximate surface area is 353 Å². The third-order valence-electron chi connectivity index (χ3n) is 13.1. The Morgan fingerprint density at radius 1 is 1.00 bits per heavy atom. The van der Waals surface area contributed by atoms with Gasteiger partial charge in [0.1, 0.15) is 18.4 Å². The second kappa shape index (κ2) is 17.7. The Balaban J connectivity index is 0.875. The smallest absolute Gasteiger partial charge is 0.329 e. The SMILES string of the molecule is CC[C@@H]1[C@H](F)C(=O)N[C@@H]1COc1ncc(C#CC2CCN(CC3CCN(Cc4cccc5c4n(C)c(=O)n5C4CCC(=O)NC4=O)CC3)CC2)c2cc(C(N)=O)c(OC)cc12. The number of likely N-dealkylation sites (tertiary alicyclic amines) is 2. The number of halogens is 1. The van der Waals surface area contributed by atoms with Crippen LogP contribution < -0.4 is 31.5 Å². The van der Waals surface area contributed by atoms with Gasteiger partial charge in [-0.2, -0.15) is 0 Å². The van der Waals surface area contributed by atoms with E-state index in [1.54, 1.807) is 34.5 Å². The van der Waals surface area contributed by atoms with Crippen molar-refractivity contribution in [1.82, 2.24) is 34.6 Å². The average Bonchev–Trinajstić information content (AvgIpc) is 3.68. The predicted molar refractivity (Wildman–Crippen MR) is 226 cm³/mol. The van der Waals surface area contributed by atoms with E-state index in [1.807, 2.05) is 19.1 Å². The van der Waals surface area contributed by atoms with Crippen LogP contribution in [0.5, 0.6) is 11.6 Å². The summed E-state index contributed by atoms with van der Waals surface area (Å²) in [6.07, 6.45) is 5.04. The number of primary amides is 1. The fraction of sp³-hybridized carbons (Fsp3) is 0.511. The van der Waals surface area contributed by atoms with Gasteiger partial charge in [0.05, 0.1) is 35.3 Å². The molecule has 322 valence electrons. The van der Waals surface area contributed by atoms with Crippen molar-refractivity contribution in [3.8, 4) is 23.5 Å². The summed E-state index contributed by atoms with van der Waals surface area (Å²) in [5.74, 6) is 5.56. The Bertz CT molecular complexity index is 2490. The summed E-state index contributed by atoms with van der Waals surface area (Å²) in [5.41, 5.74) is 8.87. The number of carbonyl (C=O) groups is 4. The molecule has 1 unspecified atom stereocenters. The molecule has 2 aromatic heterocycles. The molecule has 16 heteroatoms. The highest BCUT2D eigenvalue weighted by atomic mass is 19.1. The molecule has 2 aromatic carbocycles. The van der Waals surface area contributed by atoms with Gasteiger partial charge in [-0.1, -0.05) is 30.9 Å². The number of aromatic nitrogens is 3. The number of nitrogens with one attached hydrogen (secondary N) is 2. The van der Waals surface area contributed by atoms with Gasteiger partial charge in [-0.05, 0) is 94.4 Å². The van der Waals surface area contributed by atoms with E-state index in [0.29, 0.717) is 47.2 Å². The van der Waals surface area contributed by atoms with Gasteiger partial charge >= 0.3 is 5.69 Å². The van der Waals surface area contributed by atoms with Crippen molar-refractivity contribution in [3.05, 3.63) is 63.7 Å². The van der Waals surface area contributed by atoms with E-state index in [1.165, 1.54) is 7.11 Å². The van der Waals surface area contributed by atoms with Crippen LogP contribution in [-0.4, -0.2) is 106 Å². The molecular formula is C45H53FN8O7. The van der Waals surface area contributed by atoms with Crippen LogP contribution in [0.2, 0.25) is 0 Å². The summed E-state index contributed by atoms with van der Waals surface area (Å²) in [6.45, 7) is 7.41. The monoisotopic (exact) mass is 836 g/mol. The van der Waals surface area contributed by atoms with Gasteiger partial charge in [-0.25, -0.2) is 14.2 Å². The quantitative estimate of drug-likeness (QED) is 0.150. The Kier molecular flexibility index (Phi) is 12.1. The molecule has 61 heavy (non-hydrogen) atoms. The molecule has 15 nitrogen and oxygen atoms in total. The number of carbonyl (C=O) groups excluding carboxylic acids is 4. The van der Waals surface area contributed by atoms with Crippen LogP contribution in [0.25, 0.3) is 21.8 Å². The first-order valence-corrected chi connectivity index (χ1v) is 21.3. The summed E-state index contributed by atoms with van der Waals surface area (Å²) >= 11 is 0. The van der Waals surface area contributed by atoms with Crippen molar-refractivity contribution in [2.75, 3.05) is 46.4 Å². The van der Waals surface area contributed by atoms with E-state index in [4.69, 9.17) is 15.2 Å². The molecule has 0 spiro atoms. The summed E-state index contributed by atoms with van der Waals surface area (Å²) in [4.78, 5) is 71.8. The molecule has 0 saturated carbocycles. The minimum Gasteiger partial charge on any atom is -0.496 e. The van der Waals surface area contributed by atoms with E-state index in [2.05, 4.69) is 43.3 Å². The number of piperidine rings is 3. The number of rotatable bonds is 11. The van der Waals surface area contributed by atoms with E-state index in [-0.39, 0.29) is 47.7 Å². The van der Waals surface area contributed by atoms with Gasteiger partial charge in [0.15, 0.2) is 6.17 Å². The molecule has 4 fully saturated rings. The molecule has 0 radical (unpaired) electrons. The van der Waals surface area contributed by atoms with Gasteiger partial charge in [0, 0.05) is 55.4 Å². The van der Waals surface area contributed by atoms with Gasteiger partial charge in [-0.3, -0.25) is 38.5 Å². The molecule has 4 aliphatic heterocycles. The number of methoxy groups -OCH3 is 1. The first-order chi connectivity index (χ1) is 29.4. The topological polar surface area (TPSA) is 183 Å². The Morgan fingerprint density at radius 3 is 2.46 bits per heavy atom. The first kappa shape index (κ1) is 41.9. The van der Waals surface area contributed by atoms with Crippen LogP contribution >= 0.6 is 0 Å². The van der Waals surface area contributed by atoms with Gasteiger partial charge in [-0.15, -0.1) is 0 Å². The number of nitrogens with zero attached hydrogens (tertiary/aromatic N) is 5. The van der Waals surface area contributed by atoms with Crippen molar-refractivity contribution >= 4 is 45.4 Å². The highest BCUT2D eigenvalue weighted by molar-refractivity contribution is 6.03. The fourth-order valence-corrected chi connectivity index (χ4v) is 9.66. The average molecular weight is 837 g/mol. The highest BCUT2D eigenvalue weighted by Crippen LogP contribution is 2.34. The minimum absolute atomic E-state index is 0.0281. The number of pyridine rings is 1. The molecule has 4 amide bonds. The maximum absolute atomic E-state index is 14.4. The van der Waals surface area contributed by atoms with Crippen molar-refractivity contribution < 1.29 is 33.0 Å². The number of hydrogen-bond acceptors (Lipinski definition) is 10. The number of para-hydroxylation sites is 1. The van der Waals surface area contributed by atoms with E-state index in [0.717, 1.165) is 69.5 Å². The number of ether oxygens (including phenoxy) is 2. The lowest BCUT2D eigenvalue weighted by Gasteiger charge is -2.37. The van der Waals surface area contributed by atoms with Crippen LogP contribution in [0.4, 0.5) is 4.39 Å². The maximum atomic E-state index is 14.4. The zero-order valence-electron chi connectivity index (χ0n) is 34.9. The van der Waals surface area contributed by atoms with Crippen molar-refractivity contribution in [2.24, 2.45) is 30.5 Å². The maximum Gasteiger partial charge on any atom is 0.329 e. The number of aryl methyl sites for hydroxylation is 1. The minimum atomic E-state index is -1.58. The predicted octanol–water partition coefficient (Wildman–Crippen LogP) is 3.19.